The van der Waals surface area contributed by atoms with Gasteiger partial charge in [0.05, 0.1) is 5.60 Å². The standard InChI is InChI=1S/C10H18OS/c11-10(7-12-8-10)9-5-3-1-2-4-6-9/h9,11H,1-8H2. The van der Waals surface area contributed by atoms with E-state index < -0.39 is 0 Å². The predicted octanol–water partition coefficient (Wildman–Crippen LogP) is 2.43. The molecule has 0 aromatic carbocycles. The van der Waals surface area contributed by atoms with Gasteiger partial charge in [0.15, 0.2) is 0 Å². The van der Waals surface area contributed by atoms with Crippen LogP contribution in [0.1, 0.15) is 38.5 Å². The van der Waals surface area contributed by atoms with Gasteiger partial charge in [0.2, 0.25) is 0 Å². The van der Waals surface area contributed by atoms with Gasteiger partial charge in [-0.2, -0.15) is 11.8 Å². The van der Waals surface area contributed by atoms with Crippen LogP contribution in [0.2, 0.25) is 0 Å². The Morgan fingerprint density at radius 1 is 1.00 bits per heavy atom. The highest BCUT2D eigenvalue weighted by Crippen LogP contribution is 2.41. The smallest absolute Gasteiger partial charge is 0.0855 e. The summed E-state index contributed by atoms with van der Waals surface area (Å²) in [7, 11) is 0. The van der Waals surface area contributed by atoms with Gasteiger partial charge in [0.1, 0.15) is 0 Å². The first kappa shape index (κ1) is 8.89. The monoisotopic (exact) mass is 186 g/mol. The minimum atomic E-state index is -0.255. The van der Waals surface area contributed by atoms with Crippen molar-refractivity contribution in [2.45, 2.75) is 44.1 Å². The maximum absolute atomic E-state index is 10.1. The first-order valence-corrected chi connectivity index (χ1v) is 6.27. The van der Waals surface area contributed by atoms with Crippen molar-refractivity contribution in [1.29, 1.82) is 0 Å². The van der Waals surface area contributed by atoms with E-state index in [0.717, 1.165) is 11.5 Å². The van der Waals surface area contributed by atoms with Crippen LogP contribution >= 0.6 is 11.8 Å². The third-order valence-corrected chi connectivity index (χ3v) is 4.73. The molecule has 1 saturated heterocycles. The van der Waals surface area contributed by atoms with Crippen LogP contribution < -0.4 is 0 Å². The van der Waals surface area contributed by atoms with E-state index in [1.54, 1.807) is 0 Å². The summed E-state index contributed by atoms with van der Waals surface area (Å²) in [5.74, 6) is 2.62. The Kier molecular flexibility index (Phi) is 2.66. The van der Waals surface area contributed by atoms with Gasteiger partial charge in [-0.05, 0) is 18.8 Å². The van der Waals surface area contributed by atoms with Crippen LogP contribution in [-0.2, 0) is 0 Å². The molecule has 1 heterocycles. The molecule has 2 aliphatic rings. The quantitative estimate of drug-likeness (QED) is 0.635. The van der Waals surface area contributed by atoms with Crippen molar-refractivity contribution in [2.24, 2.45) is 5.92 Å². The molecule has 70 valence electrons. The zero-order valence-electron chi connectivity index (χ0n) is 7.59. The molecule has 2 heteroatoms. The van der Waals surface area contributed by atoms with E-state index in [-0.39, 0.29) is 5.60 Å². The summed E-state index contributed by atoms with van der Waals surface area (Å²) in [4.78, 5) is 0. The SMILES string of the molecule is OC1(C2CCCCCC2)CSC1. The van der Waals surface area contributed by atoms with E-state index in [4.69, 9.17) is 0 Å². The van der Waals surface area contributed by atoms with Crippen LogP contribution in [0.15, 0.2) is 0 Å². The Morgan fingerprint density at radius 2 is 1.58 bits per heavy atom. The highest BCUT2D eigenvalue weighted by molar-refractivity contribution is 8.00. The molecule has 12 heavy (non-hydrogen) atoms. The van der Waals surface area contributed by atoms with E-state index in [1.807, 2.05) is 11.8 Å². The third-order valence-electron chi connectivity index (χ3n) is 3.32. The summed E-state index contributed by atoms with van der Waals surface area (Å²) < 4.78 is 0. The minimum Gasteiger partial charge on any atom is -0.388 e. The minimum absolute atomic E-state index is 0.255. The van der Waals surface area contributed by atoms with Crippen molar-refractivity contribution in [2.75, 3.05) is 11.5 Å². The van der Waals surface area contributed by atoms with Crippen molar-refractivity contribution < 1.29 is 5.11 Å². The highest BCUT2D eigenvalue weighted by atomic mass is 32.2. The van der Waals surface area contributed by atoms with Gasteiger partial charge >= 0.3 is 0 Å². The lowest BCUT2D eigenvalue weighted by Gasteiger charge is -2.42. The molecule has 0 aromatic rings. The van der Waals surface area contributed by atoms with Crippen LogP contribution in [0.3, 0.4) is 0 Å². The summed E-state index contributed by atoms with van der Waals surface area (Å²) in [5, 5.41) is 10.1. The highest BCUT2D eigenvalue weighted by Gasteiger charge is 2.42. The molecule has 1 nitrogen and oxygen atoms in total. The number of hydrogen-bond donors (Lipinski definition) is 1. The van der Waals surface area contributed by atoms with Crippen LogP contribution in [0.4, 0.5) is 0 Å². The first-order valence-electron chi connectivity index (χ1n) is 5.11. The fourth-order valence-electron chi connectivity index (χ4n) is 2.36. The lowest BCUT2D eigenvalue weighted by molar-refractivity contribution is 0.00911. The van der Waals surface area contributed by atoms with Crippen molar-refractivity contribution in [3.05, 3.63) is 0 Å². The molecule has 1 aliphatic carbocycles. The van der Waals surface area contributed by atoms with E-state index >= 15 is 0 Å². The summed E-state index contributed by atoms with van der Waals surface area (Å²) in [6, 6.07) is 0. The molecule has 0 spiro atoms. The molecule has 0 bridgehead atoms. The maximum Gasteiger partial charge on any atom is 0.0855 e. The van der Waals surface area contributed by atoms with Crippen LogP contribution in [-0.4, -0.2) is 22.2 Å². The Hall–Kier alpha value is 0.310. The molecule has 0 unspecified atom stereocenters. The van der Waals surface area contributed by atoms with Crippen molar-refractivity contribution >= 4 is 11.8 Å². The van der Waals surface area contributed by atoms with Gasteiger partial charge in [-0.15, -0.1) is 0 Å². The average Bonchev–Trinajstić information content (AvgIpc) is 2.27. The normalized spacial score (nSPS) is 30.8. The first-order chi connectivity index (χ1) is 5.81. The van der Waals surface area contributed by atoms with Crippen molar-refractivity contribution in [3.63, 3.8) is 0 Å². The van der Waals surface area contributed by atoms with Gasteiger partial charge in [-0.3, -0.25) is 0 Å². The van der Waals surface area contributed by atoms with E-state index in [9.17, 15) is 5.11 Å². The second kappa shape index (κ2) is 3.59. The fourth-order valence-corrected chi connectivity index (χ4v) is 3.46. The van der Waals surface area contributed by atoms with E-state index in [0.29, 0.717) is 5.92 Å². The Labute approximate surface area is 78.9 Å². The van der Waals surface area contributed by atoms with Crippen molar-refractivity contribution in [3.8, 4) is 0 Å². The lowest BCUT2D eigenvalue weighted by atomic mass is 9.84. The van der Waals surface area contributed by atoms with Crippen LogP contribution in [0.5, 0.6) is 0 Å². The number of thioether (sulfide) groups is 1. The van der Waals surface area contributed by atoms with E-state index in [1.165, 1.54) is 38.5 Å². The number of hydrogen-bond acceptors (Lipinski definition) is 2. The second-order valence-electron chi connectivity index (χ2n) is 4.28. The van der Waals surface area contributed by atoms with Gasteiger partial charge < -0.3 is 5.11 Å². The Morgan fingerprint density at radius 3 is 2.00 bits per heavy atom. The summed E-state index contributed by atoms with van der Waals surface area (Å²) in [6.45, 7) is 0. The summed E-state index contributed by atoms with van der Waals surface area (Å²) in [6.07, 6.45) is 8.02. The van der Waals surface area contributed by atoms with Crippen molar-refractivity contribution in [1.82, 2.24) is 0 Å². The Balaban J connectivity index is 1.91. The molecule has 0 amide bonds. The van der Waals surface area contributed by atoms with Gasteiger partial charge in [-0.1, -0.05) is 25.7 Å². The summed E-state index contributed by atoms with van der Waals surface area (Å²) in [5.41, 5.74) is -0.255. The molecule has 0 aromatic heterocycles. The Bertz CT molecular complexity index is 146. The topological polar surface area (TPSA) is 20.2 Å². The fraction of sp³-hybridized carbons (Fsp3) is 1.00. The number of aliphatic hydroxyl groups is 1. The van der Waals surface area contributed by atoms with Gasteiger partial charge in [-0.25, -0.2) is 0 Å². The predicted molar refractivity (Wildman–Crippen MR) is 53.5 cm³/mol. The molecular formula is C10H18OS. The molecule has 2 rings (SSSR count). The summed E-state index contributed by atoms with van der Waals surface area (Å²) >= 11 is 1.89. The molecule has 0 atom stereocenters. The van der Waals surface area contributed by atoms with Crippen LogP contribution in [0, 0.1) is 5.92 Å². The molecule has 1 aliphatic heterocycles. The van der Waals surface area contributed by atoms with Crippen LogP contribution in [0.25, 0.3) is 0 Å². The molecule has 2 fully saturated rings. The third kappa shape index (κ3) is 1.64. The largest absolute Gasteiger partial charge is 0.388 e. The van der Waals surface area contributed by atoms with Gasteiger partial charge in [0, 0.05) is 11.5 Å². The van der Waals surface area contributed by atoms with Gasteiger partial charge in [0.25, 0.3) is 0 Å². The maximum atomic E-state index is 10.1. The zero-order valence-corrected chi connectivity index (χ0v) is 8.41. The zero-order chi connectivity index (χ0) is 8.44. The molecular weight excluding hydrogens is 168 g/mol. The molecule has 0 radical (unpaired) electrons. The lowest BCUT2D eigenvalue weighted by Crippen LogP contribution is -2.49. The van der Waals surface area contributed by atoms with E-state index in [2.05, 4.69) is 0 Å². The second-order valence-corrected chi connectivity index (χ2v) is 5.27. The number of rotatable bonds is 1. The molecule has 1 N–H and O–H groups in total. The molecule has 1 saturated carbocycles. The average molecular weight is 186 g/mol.